The third-order valence-corrected chi connectivity index (χ3v) is 6.34. The minimum Gasteiger partial charge on any atom is -0.353 e. The number of hydrogen-bond acceptors (Lipinski definition) is 3. The molecule has 0 saturated heterocycles. The molecule has 0 saturated carbocycles. The van der Waals surface area contributed by atoms with Gasteiger partial charge in [-0.05, 0) is 45.4 Å². The molecule has 1 unspecified atom stereocenters. The third kappa shape index (κ3) is 5.15. The zero-order chi connectivity index (χ0) is 16.1. The topological polar surface area (TPSA) is 51.1 Å². The lowest BCUT2D eigenvalue weighted by atomic mass is 10.1. The van der Waals surface area contributed by atoms with Crippen LogP contribution in [0.1, 0.15) is 59.1 Å². The maximum Gasteiger partial charge on any atom is 0.156 e. The molecule has 21 heavy (non-hydrogen) atoms. The average Bonchev–Trinajstić information content (AvgIpc) is 2.83. The van der Waals surface area contributed by atoms with E-state index >= 15 is 0 Å². The zero-order valence-corrected chi connectivity index (χ0v) is 14.8. The summed E-state index contributed by atoms with van der Waals surface area (Å²) in [5.41, 5.74) is 1.24. The molecule has 0 bridgehead atoms. The van der Waals surface area contributed by atoms with Crippen LogP contribution < -0.4 is 5.32 Å². The lowest BCUT2D eigenvalue weighted by Gasteiger charge is -2.19. The van der Waals surface area contributed by atoms with E-state index in [4.69, 9.17) is 0 Å². The Morgan fingerprint density at radius 3 is 2.48 bits per heavy atom. The Bertz CT molecular complexity index is 521. The fourth-order valence-corrected chi connectivity index (χ4v) is 3.32. The molecule has 1 heterocycles. The maximum absolute atomic E-state index is 12.1. The largest absolute Gasteiger partial charge is 0.353 e. The van der Waals surface area contributed by atoms with Crippen LogP contribution >= 0.6 is 0 Å². The Labute approximate surface area is 129 Å². The van der Waals surface area contributed by atoms with Gasteiger partial charge in [0.25, 0.3) is 0 Å². The highest BCUT2D eigenvalue weighted by Crippen LogP contribution is 2.20. The van der Waals surface area contributed by atoms with E-state index in [1.165, 1.54) is 5.56 Å². The normalized spacial score (nSPS) is 14.3. The van der Waals surface area contributed by atoms with Crippen LogP contribution in [0.4, 0.5) is 0 Å². The van der Waals surface area contributed by atoms with Crippen LogP contribution in [0.15, 0.2) is 18.5 Å². The molecule has 1 aromatic rings. The molecule has 5 heteroatoms. The minimum atomic E-state index is -3.06. The molecular formula is C16H30N2O2S. The lowest BCUT2D eigenvalue weighted by molar-refractivity contribution is 0.508. The molecule has 1 aromatic heterocycles. The molecule has 0 radical (unpaired) electrons. The van der Waals surface area contributed by atoms with Crippen molar-refractivity contribution in [3.05, 3.63) is 24.0 Å². The Kier molecular flexibility index (Phi) is 6.47. The van der Waals surface area contributed by atoms with Gasteiger partial charge in [-0.15, -0.1) is 0 Å². The first-order valence-corrected chi connectivity index (χ1v) is 9.48. The van der Waals surface area contributed by atoms with Crippen molar-refractivity contribution in [3.63, 3.8) is 0 Å². The molecule has 0 aliphatic carbocycles. The molecule has 1 atom stereocenters. The maximum atomic E-state index is 12.1. The summed E-state index contributed by atoms with van der Waals surface area (Å²) >= 11 is 0. The summed E-state index contributed by atoms with van der Waals surface area (Å²) in [7, 11) is -3.06. The van der Waals surface area contributed by atoms with E-state index in [0.29, 0.717) is 12.6 Å². The van der Waals surface area contributed by atoms with Gasteiger partial charge in [0.1, 0.15) is 0 Å². The van der Waals surface area contributed by atoms with Crippen LogP contribution in [0.5, 0.6) is 0 Å². The number of nitrogens with one attached hydrogen (secondary N) is 1. The Hall–Kier alpha value is -0.810. The van der Waals surface area contributed by atoms with Crippen molar-refractivity contribution in [2.45, 2.75) is 64.8 Å². The van der Waals surface area contributed by atoms with Crippen LogP contribution in [-0.2, 0) is 16.4 Å². The molecule has 0 aliphatic rings. The second kappa shape index (κ2) is 7.45. The Morgan fingerprint density at radius 2 is 1.95 bits per heavy atom. The van der Waals surface area contributed by atoms with E-state index in [0.717, 1.165) is 19.4 Å². The molecule has 1 rings (SSSR count). The molecule has 4 nitrogen and oxygen atoms in total. The van der Waals surface area contributed by atoms with Gasteiger partial charge in [-0.1, -0.05) is 20.3 Å². The quantitative estimate of drug-likeness (QED) is 0.802. The monoisotopic (exact) mass is 314 g/mol. The summed E-state index contributed by atoms with van der Waals surface area (Å²) < 4.78 is 25.6. The summed E-state index contributed by atoms with van der Waals surface area (Å²) in [4.78, 5) is 0. The minimum absolute atomic E-state index is 0.185. The summed E-state index contributed by atoms with van der Waals surface area (Å²) in [6, 6.07) is 2.45. The van der Waals surface area contributed by atoms with E-state index < -0.39 is 14.6 Å². The van der Waals surface area contributed by atoms with Crippen molar-refractivity contribution in [2.75, 3.05) is 12.3 Å². The highest BCUT2D eigenvalue weighted by molar-refractivity contribution is 7.92. The van der Waals surface area contributed by atoms with Gasteiger partial charge in [0.15, 0.2) is 9.84 Å². The average molecular weight is 314 g/mol. The van der Waals surface area contributed by atoms with Gasteiger partial charge in [-0.2, -0.15) is 0 Å². The Balaban J connectivity index is 2.71. The van der Waals surface area contributed by atoms with Crippen LogP contribution in [0, 0.1) is 0 Å². The zero-order valence-electron chi connectivity index (χ0n) is 14.0. The van der Waals surface area contributed by atoms with E-state index in [1.54, 1.807) is 20.8 Å². The van der Waals surface area contributed by atoms with Gasteiger partial charge in [0.2, 0.25) is 0 Å². The van der Waals surface area contributed by atoms with E-state index in [1.807, 2.05) is 10.8 Å². The second-order valence-corrected chi connectivity index (χ2v) is 9.38. The van der Waals surface area contributed by atoms with Gasteiger partial charge in [0.05, 0.1) is 10.5 Å². The van der Waals surface area contributed by atoms with Crippen molar-refractivity contribution in [2.24, 2.45) is 0 Å². The van der Waals surface area contributed by atoms with Crippen molar-refractivity contribution >= 4 is 9.84 Å². The number of aromatic nitrogens is 1. The highest BCUT2D eigenvalue weighted by atomic mass is 32.2. The molecule has 1 N–H and O–H groups in total. The molecule has 0 amide bonds. The van der Waals surface area contributed by atoms with Gasteiger partial charge in [-0.25, -0.2) is 8.42 Å². The van der Waals surface area contributed by atoms with Gasteiger partial charge >= 0.3 is 0 Å². The van der Waals surface area contributed by atoms with E-state index in [-0.39, 0.29) is 5.75 Å². The van der Waals surface area contributed by atoms with E-state index in [2.05, 4.69) is 31.4 Å². The van der Waals surface area contributed by atoms with Crippen molar-refractivity contribution in [1.29, 1.82) is 0 Å². The summed E-state index contributed by atoms with van der Waals surface area (Å²) in [6.07, 6.45) is 6.27. The fraction of sp³-hybridized carbons (Fsp3) is 0.750. The summed E-state index contributed by atoms with van der Waals surface area (Å²) in [5.74, 6) is 0.185. The first kappa shape index (κ1) is 18.2. The van der Waals surface area contributed by atoms with Crippen LogP contribution in [0.3, 0.4) is 0 Å². The highest BCUT2D eigenvalue weighted by Gasteiger charge is 2.28. The van der Waals surface area contributed by atoms with Gasteiger partial charge in [-0.3, -0.25) is 0 Å². The first-order chi connectivity index (χ1) is 9.71. The molecule has 0 spiro atoms. The van der Waals surface area contributed by atoms with Gasteiger partial charge in [0, 0.05) is 25.0 Å². The van der Waals surface area contributed by atoms with E-state index in [9.17, 15) is 8.42 Å². The van der Waals surface area contributed by atoms with Crippen LogP contribution in [0.25, 0.3) is 0 Å². The predicted octanol–water partition coefficient (Wildman–Crippen LogP) is 3.15. The predicted molar refractivity (Wildman–Crippen MR) is 89.3 cm³/mol. The number of aryl methyl sites for hydroxylation is 1. The van der Waals surface area contributed by atoms with Crippen molar-refractivity contribution in [3.8, 4) is 0 Å². The van der Waals surface area contributed by atoms with Gasteiger partial charge < -0.3 is 9.88 Å². The lowest BCUT2D eigenvalue weighted by Crippen LogP contribution is -2.31. The van der Waals surface area contributed by atoms with Crippen LogP contribution in [0.2, 0.25) is 0 Å². The van der Waals surface area contributed by atoms with Crippen LogP contribution in [-0.4, -0.2) is 30.0 Å². The molecular weight excluding hydrogens is 284 g/mol. The number of nitrogens with zero attached hydrogens (tertiary/aromatic N) is 1. The number of rotatable bonds is 8. The standard InChI is InChI=1S/C16H30N2O2S/c1-6-8-15(17-7-2)14-9-10-18(13-14)11-12-21(19,20)16(3,4)5/h9-10,13,15,17H,6-8,11-12H2,1-5H3. The molecule has 0 aliphatic heterocycles. The Morgan fingerprint density at radius 1 is 1.29 bits per heavy atom. The smallest absolute Gasteiger partial charge is 0.156 e. The molecule has 0 fully saturated rings. The van der Waals surface area contributed by atoms with Crippen molar-refractivity contribution < 1.29 is 8.42 Å². The second-order valence-electron chi connectivity index (χ2n) is 6.51. The first-order valence-electron chi connectivity index (χ1n) is 7.82. The molecule has 122 valence electrons. The number of hydrogen-bond donors (Lipinski definition) is 1. The SMILES string of the molecule is CCCC(NCC)c1ccn(CCS(=O)(=O)C(C)(C)C)c1. The van der Waals surface area contributed by atoms with Crippen molar-refractivity contribution in [1.82, 2.24) is 9.88 Å². The summed E-state index contributed by atoms with van der Waals surface area (Å²) in [6.45, 7) is 11.0. The fourth-order valence-electron chi connectivity index (χ4n) is 2.26. The number of sulfone groups is 1. The summed E-state index contributed by atoms with van der Waals surface area (Å²) in [5, 5.41) is 3.48. The third-order valence-electron chi connectivity index (χ3n) is 3.75. The molecule has 0 aromatic carbocycles.